The van der Waals surface area contributed by atoms with Gasteiger partial charge >= 0.3 is 0 Å². The van der Waals surface area contributed by atoms with Crippen LogP contribution in [-0.2, 0) is 9.59 Å². The first kappa shape index (κ1) is 18.5. The van der Waals surface area contributed by atoms with E-state index >= 15 is 0 Å². The van der Waals surface area contributed by atoms with Crippen molar-refractivity contribution in [1.82, 2.24) is 0 Å². The monoisotopic (exact) mass is 393 g/mol. The molecule has 1 fully saturated rings. The van der Waals surface area contributed by atoms with Gasteiger partial charge in [-0.15, -0.1) is 0 Å². The molecule has 0 saturated carbocycles. The van der Waals surface area contributed by atoms with Crippen LogP contribution in [-0.4, -0.2) is 31.4 Å². The largest absolute Gasteiger partial charge is 0.495 e. The smallest absolute Gasteiger partial charge is 0.286 e. The molecule has 4 rings (SSSR count). The fourth-order valence-corrected chi connectivity index (χ4v) is 3.54. The Morgan fingerprint density at radius 1 is 1.17 bits per heavy atom. The van der Waals surface area contributed by atoms with Gasteiger partial charge in [0.05, 0.1) is 18.7 Å². The minimum atomic E-state index is -0.783. The number of primary amides is 1. The zero-order chi connectivity index (χ0) is 20.5. The predicted molar refractivity (Wildman–Crippen MR) is 107 cm³/mol. The second-order valence-electron chi connectivity index (χ2n) is 6.73. The summed E-state index contributed by atoms with van der Waals surface area (Å²) in [6.07, 6.45) is 0.0472. The SMILES string of the molecule is COc1ccccc1N1CC(C(=O)Nc2c(C(N)=O)oc3ccccc23)CC1=O. The van der Waals surface area contributed by atoms with E-state index in [0.29, 0.717) is 22.4 Å². The zero-order valence-electron chi connectivity index (χ0n) is 15.7. The quantitative estimate of drug-likeness (QED) is 0.691. The van der Waals surface area contributed by atoms with Crippen molar-refractivity contribution in [2.45, 2.75) is 6.42 Å². The number of furan rings is 1. The average molecular weight is 393 g/mol. The van der Waals surface area contributed by atoms with Crippen molar-refractivity contribution in [3.63, 3.8) is 0 Å². The lowest BCUT2D eigenvalue weighted by atomic mass is 10.1. The molecule has 2 aromatic carbocycles. The Balaban J connectivity index is 1.59. The van der Waals surface area contributed by atoms with Crippen molar-refractivity contribution in [3.05, 3.63) is 54.3 Å². The third-order valence-electron chi connectivity index (χ3n) is 4.94. The van der Waals surface area contributed by atoms with Crippen LogP contribution in [0.2, 0.25) is 0 Å². The minimum Gasteiger partial charge on any atom is -0.495 e. The van der Waals surface area contributed by atoms with E-state index < -0.39 is 11.8 Å². The first-order valence-electron chi connectivity index (χ1n) is 9.05. The summed E-state index contributed by atoms with van der Waals surface area (Å²) in [6, 6.07) is 14.1. The Hall–Kier alpha value is -3.81. The van der Waals surface area contributed by atoms with Gasteiger partial charge in [0.25, 0.3) is 5.91 Å². The van der Waals surface area contributed by atoms with E-state index in [1.807, 2.05) is 6.07 Å². The minimum absolute atomic E-state index is 0.0472. The van der Waals surface area contributed by atoms with Crippen LogP contribution in [0.3, 0.4) is 0 Å². The van der Waals surface area contributed by atoms with Crippen molar-refractivity contribution >= 4 is 40.1 Å². The fourth-order valence-electron chi connectivity index (χ4n) is 3.54. The van der Waals surface area contributed by atoms with Gasteiger partial charge in [0.1, 0.15) is 17.0 Å². The van der Waals surface area contributed by atoms with Crippen LogP contribution in [0.1, 0.15) is 17.0 Å². The van der Waals surface area contributed by atoms with E-state index in [-0.39, 0.29) is 36.2 Å². The lowest BCUT2D eigenvalue weighted by Crippen LogP contribution is -2.28. The van der Waals surface area contributed by atoms with E-state index in [4.69, 9.17) is 14.9 Å². The Morgan fingerprint density at radius 2 is 1.90 bits per heavy atom. The number of anilines is 2. The Labute approximate surface area is 166 Å². The molecule has 2 heterocycles. The average Bonchev–Trinajstić information content (AvgIpc) is 3.29. The van der Waals surface area contributed by atoms with Gasteiger partial charge in [0.2, 0.25) is 17.6 Å². The summed E-state index contributed by atoms with van der Waals surface area (Å²) < 4.78 is 10.8. The summed E-state index contributed by atoms with van der Waals surface area (Å²) in [6.45, 7) is 0.201. The highest BCUT2D eigenvalue weighted by atomic mass is 16.5. The summed E-state index contributed by atoms with van der Waals surface area (Å²) in [5, 5.41) is 3.30. The number of nitrogens with two attached hydrogens (primary N) is 1. The normalized spacial score (nSPS) is 16.2. The Morgan fingerprint density at radius 3 is 2.66 bits per heavy atom. The number of hydrogen-bond donors (Lipinski definition) is 2. The van der Waals surface area contributed by atoms with Gasteiger partial charge in [-0.1, -0.05) is 24.3 Å². The number of carbonyl (C=O) groups excluding carboxylic acids is 3. The second-order valence-corrected chi connectivity index (χ2v) is 6.73. The predicted octanol–water partition coefficient (Wildman–Crippen LogP) is 2.53. The molecular formula is C21H19N3O5. The number of para-hydroxylation sites is 3. The molecule has 1 saturated heterocycles. The van der Waals surface area contributed by atoms with Crippen molar-refractivity contribution < 1.29 is 23.5 Å². The highest BCUT2D eigenvalue weighted by molar-refractivity contribution is 6.12. The molecule has 0 aliphatic carbocycles. The number of nitrogens with zero attached hydrogens (tertiary/aromatic N) is 1. The third-order valence-corrected chi connectivity index (χ3v) is 4.94. The van der Waals surface area contributed by atoms with Gasteiger partial charge in [0, 0.05) is 18.4 Å². The van der Waals surface area contributed by atoms with Crippen molar-refractivity contribution in [3.8, 4) is 5.75 Å². The summed E-state index contributed by atoms with van der Waals surface area (Å²) in [4.78, 5) is 38.7. The van der Waals surface area contributed by atoms with E-state index in [1.165, 1.54) is 12.0 Å². The molecule has 3 amide bonds. The molecule has 3 N–H and O–H groups in total. The number of ether oxygens (including phenoxy) is 1. The number of carbonyl (C=O) groups is 3. The van der Waals surface area contributed by atoms with Gasteiger partial charge in [-0.25, -0.2) is 0 Å². The topological polar surface area (TPSA) is 115 Å². The number of hydrogen-bond acceptors (Lipinski definition) is 5. The molecule has 1 aliphatic rings. The number of amides is 3. The maximum absolute atomic E-state index is 12.9. The molecule has 1 atom stereocenters. The van der Waals surface area contributed by atoms with Crippen LogP contribution in [0.4, 0.5) is 11.4 Å². The molecule has 3 aromatic rings. The maximum atomic E-state index is 12.9. The van der Waals surface area contributed by atoms with Gasteiger partial charge in [-0.3, -0.25) is 14.4 Å². The summed E-state index contributed by atoms with van der Waals surface area (Å²) >= 11 is 0. The molecule has 0 spiro atoms. The highest BCUT2D eigenvalue weighted by Gasteiger charge is 2.37. The number of fused-ring (bicyclic) bond motifs is 1. The number of rotatable bonds is 5. The molecule has 148 valence electrons. The molecule has 0 radical (unpaired) electrons. The third kappa shape index (κ3) is 3.29. The van der Waals surface area contributed by atoms with Crippen molar-refractivity contribution in [2.75, 3.05) is 23.9 Å². The zero-order valence-corrected chi connectivity index (χ0v) is 15.7. The first-order chi connectivity index (χ1) is 14.0. The van der Waals surface area contributed by atoms with E-state index in [2.05, 4.69) is 5.32 Å². The highest BCUT2D eigenvalue weighted by Crippen LogP contribution is 2.35. The first-order valence-corrected chi connectivity index (χ1v) is 9.05. The molecule has 8 heteroatoms. The van der Waals surface area contributed by atoms with Crippen LogP contribution in [0.25, 0.3) is 11.0 Å². The molecule has 1 aliphatic heterocycles. The lowest BCUT2D eigenvalue weighted by Gasteiger charge is -2.19. The summed E-state index contributed by atoms with van der Waals surface area (Å²) in [5.74, 6) is -1.51. The molecule has 8 nitrogen and oxygen atoms in total. The van der Waals surface area contributed by atoms with Gasteiger partial charge < -0.3 is 25.1 Å². The molecular weight excluding hydrogens is 374 g/mol. The standard InChI is InChI=1S/C21H19N3O5/c1-28-16-9-5-3-7-14(16)24-11-12(10-17(24)25)21(27)23-18-13-6-2-4-8-15(13)29-19(18)20(22)26/h2-9,12H,10-11H2,1H3,(H2,22,26)(H,23,27). The van der Waals surface area contributed by atoms with Crippen LogP contribution < -0.4 is 20.7 Å². The summed E-state index contributed by atoms with van der Waals surface area (Å²) in [5.41, 5.74) is 6.68. The van der Waals surface area contributed by atoms with Crippen LogP contribution in [0.5, 0.6) is 5.75 Å². The van der Waals surface area contributed by atoms with Crippen LogP contribution in [0.15, 0.2) is 52.9 Å². The van der Waals surface area contributed by atoms with Gasteiger partial charge in [-0.2, -0.15) is 0 Å². The lowest BCUT2D eigenvalue weighted by molar-refractivity contribution is -0.122. The van der Waals surface area contributed by atoms with Gasteiger partial charge in [-0.05, 0) is 24.3 Å². The van der Waals surface area contributed by atoms with Crippen molar-refractivity contribution in [1.29, 1.82) is 0 Å². The summed E-state index contributed by atoms with van der Waals surface area (Å²) in [7, 11) is 1.53. The van der Waals surface area contributed by atoms with E-state index in [1.54, 1.807) is 42.5 Å². The van der Waals surface area contributed by atoms with Crippen LogP contribution in [0, 0.1) is 5.92 Å². The molecule has 1 aromatic heterocycles. The molecule has 0 bridgehead atoms. The molecule has 1 unspecified atom stereocenters. The van der Waals surface area contributed by atoms with Crippen molar-refractivity contribution in [2.24, 2.45) is 11.7 Å². The van der Waals surface area contributed by atoms with E-state index in [0.717, 1.165) is 0 Å². The number of nitrogens with one attached hydrogen (secondary N) is 1. The number of benzene rings is 2. The second kappa shape index (κ2) is 7.31. The Bertz CT molecular complexity index is 1120. The number of methoxy groups -OCH3 is 1. The Kier molecular flexibility index (Phi) is 4.67. The van der Waals surface area contributed by atoms with Gasteiger partial charge in [0.15, 0.2) is 0 Å². The fraction of sp³-hybridized carbons (Fsp3) is 0.190. The molecule has 29 heavy (non-hydrogen) atoms. The van der Waals surface area contributed by atoms with E-state index in [9.17, 15) is 14.4 Å². The maximum Gasteiger partial charge on any atom is 0.286 e. The van der Waals surface area contributed by atoms with Crippen LogP contribution >= 0.6 is 0 Å².